The summed E-state index contributed by atoms with van der Waals surface area (Å²) in [5.41, 5.74) is 0.768. The van der Waals surface area contributed by atoms with Crippen molar-refractivity contribution in [2.24, 2.45) is 0 Å². The molecule has 1 aromatic heterocycles. The highest BCUT2D eigenvalue weighted by Crippen LogP contribution is 2.25. The number of anilines is 1. The lowest BCUT2D eigenvalue weighted by molar-refractivity contribution is -0.127. The molecule has 1 fully saturated rings. The number of nitrogens with zero attached hydrogens (tertiary/aromatic N) is 1. The lowest BCUT2D eigenvalue weighted by Gasteiger charge is -2.15. The minimum atomic E-state index is -3.80. The number of furan rings is 1. The van der Waals surface area contributed by atoms with Gasteiger partial charge in [-0.1, -0.05) is 18.2 Å². The van der Waals surface area contributed by atoms with Crippen LogP contribution in [0, 0.1) is 0 Å². The molecule has 0 unspecified atom stereocenters. The molecule has 0 spiro atoms. The number of carbonyl (C=O) groups is 2. The van der Waals surface area contributed by atoms with Gasteiger partial charge in [0.25, 0.3) is 5.91 Å². The van der Waals surface area contributed by atoms with Crippen molar-refractivity contribution in [1.29, 1.82) is 0 Å². The fourth-order valence-electron chi connectivity index (χ4n) is 3.58. The van der Waals surface area contributed by atoms with Crippen LogP contribution >= 0.6 is 11.8 Å². The number of nitrogens with one attached hydrogen (secondary N) is 2. The van der Waals surface area contributed by atoms with Crippen LogP contribution in [0.25, 0.3) is 0 Å². The Balaban J connectivity index is 1.42. The van der Waals surface area contributed by atoms with Crippen molar-refractivity contribution in [2.45, 2.75) is 29.2 Å². The Morgan fingerprint density at radius 2 is 1.79 bits per heavy atom. The van der Waals surface area contributed by atoms with Gasteiger partial charge < -0.3 is 14.6 Å². The maximum Gasteiger partial charge on any atom is 0.256 e. The van der Waals surface area contributed by atoms with Crippen molar-refractivity contribution >= 4 is 39.3 Å². The largest absolute Gasteiger partial charge is 0.468 e. The molecule has 0 saturated carbocycles. The summed E-state index contributed by atoms with van der Waals surface area (Å²) < 4.78 is 32.9. The number of likely N-dealkylation sites (tertiary alicyclic amines) is 1. The second-order valence-corrected chi connectivity index (χ2v) is 10.5. The van der Waals surface area contributed by atoms with Crippen molar-refractivity contribution in [3.8, 4) is 0 Å². The predicted octanol–water partition coefficient (Wildman–Crippen LogP) is 3.72. The SMILES string of the molecule is O=C(Nc1cccc(S(=O)(=O)NCc2ccco2)c1)c1ccccc1SCC(=O)N1CCCC1. The van der Waals surface area contributed by atoms with Crippen LogP contribution in [0.1, 0.15) is 29.0 Å². The van der Waals surface area contributed by atoms with Gasteiger partial charge in [0, 0.05) is 23.7 Å². The molecule has 2 amide bonds. The number of carbonyl (C=O) groups excluding carboxylic acids is 2. The van der Waals surface area contributed by atoms with Crippen LogP contribution in [-0.2, 0) is 21.4 Å². The first-order valence-electron chi connectivity index (χ1n) is 10.9. The molecule has 4 rings (SSSR count). The molecule has 2 aromatic carbocycles. The third-order valence-electron chi connectivity index (χ3n) is 5.36. The van der Waals surface area contributed by atoms with Crippen LogP contribution in [0.15, 0.2) is 81.1 Å². The highest BCUT2D eigenvalue weighted by atomic mass is 32.2. The molecule has 1 aliphatic rings. The molecule has 2 N–H and O–H groups in total. The molecule has 3 aromatic rings. The molecule has 0 bridgehead atoms. The van der Waals surface area contributed by atoms with Crippen molar-refractivity contribution in [2.75, 3.05) is 24.2 Å². The van der Waals surface area contributed by atoms with Gasteiger partial charge in [0.05, 0.1) is 29.0 Å². The Labute approximate surface area is 202 Å². The van der Waals surface area contributed by atoms with Crippen molar-refractivity contribution < 1.29 is 22.4 Å². The monoisotopic (exact) mass is 499 g/mol. The van der Waals surface area contributed by atoms with E-state index >= 15 is 0 Å². The number of sulfonamides is 1. The predicted molar refractivity (Wildman–Crippen MR) is 130 cm³/mol. The van der Waals surface area contributed by atoms with E-state index in [2.05, 4.69) is 10.0 Å². The van der Waals surface area contributed by atoms with Crippen molar-refractivity contribution in [1.82, 2.24) is 9.62 Å². The van der Waals surface area contributed by atoms with E-state index in [-0.39, 0.29) is 29.0 Å². The average Bonchev–Trinajstić information content (AvgIpc) is 3.56. The number of hydrogen-bond donors (Lipinski definition) is 2. The summed E-state index contributed by atoms with van der Waals surface area (Å²) in [7, 11) is -3.80. The summed E-state index contributed by atoms with van der Waals surface area (Å²) in [4.78, 5) is 27.9. The summed E-state index contributed by atoms with van der Waals surface area (Å²) in [5, 5.41) is 2.77. The molecule has 0 radical (unpaired) electrons. The van der Waals surface area contributed by atoms with E-state index in [4.69, 9.17) is 4.42 Å². The first-order valence-corrected chi connectivity index (χ1v) is 13.3. The summed E-state index contributed by atoms with van der Waals surface area (Å²) in [6.07, 6.45) is 3.53. The van der Waals surface area contributed by atoms with Gasteiger partial charge >= 0.3 is 0 Å². The minimum absolute atomic E-state index is 0.0205. The van der Waals surface area contributed by atoms with Crippen molar-refractivity contribution in [3.63, 3.8) is 0 Å². The van der Waals surface area contributed by atoms with Crippen molar-refractivity contribution in [3.05, 3.63) is 78.3 Å². The van der Waals surface area contributed by atoms with E-state index in [0.29, 0.717) is 21.9 Å². The van der Waals surface area contributed by atoms with Gasteiger partial charge in [-0.05, 0) is 55.3 Å². The second-order valence-electron chi connectivity index (χ2n) is 7.76. The van der Waals surface area contributed by atoms with Gasteiger partial charge in [0.1, 0.15) is 5.76 Å². The van der Waals surface area contributed by atoms with Gasteiger partial charge in [0.15, 0.2) is 0 Å². The third-order valence-corrected chi connectivity index (χ3v) is 7.82. The summed E-state index contributed by atoms with van der Waals surface area (Å²) in [6, 6.07) is 16.4. The molecule has 1 saturated heterocycles. The molecular weight excluding hydrogens is 474 g/mol. The summed E-state index contributed by atoms with van der Waals surface area (Å²) in [5.74, 6) is 0.442. The zero-order valence-electron chi connectivity index (χ0n) is 18.4. The molecule has 178 valence electrons. The lowest BCUT2D eigenvalue weighted by atomic mass is 10.2. The second kappa shape index (κ2) is 10.9. The molecular formula is C24H25N3O5S2. The van der Waals surface area contributed by atoms with Gasteiger partial charge in [-0.15, -0.1) is 11.8 Å². The fourth-order valence-corrected chi connectivity index (χ4v) is 5.57. The fraction of sp³-hybridized carbons (Fsp3) is 0.250. The lowest BCUT2D eigenvalue weighted by Crippen LogP contribution is -2.29. The Bertz CT molecular complexity index is 1250. The topological polar surface area (TPSA) is 109 Å². The van der Waals surface area contributed by atoms with Crippen LogP contribution < -0.4 is 10.0 Å². The van der Waals surface area contributed by atoms with E-state index in [1.165, 1.54) is 30.2 Å². The molecule has 1 aliphatic heterocycles. The number of thioether (sulfide) groups is 1. The minimum Gasteiger partial charge on any atom is -0.468 e. The van der Waals surface area contributed by atoms with E-state index < -0.39 is 10.0 Å². The molecule has 10 heteroatoms. The zero-order chi connectivity index (χ0) is 24.0. The Kier molecular flexibility index (Phi) is 7.71. The van der Waals surface area contributed by atoms with E-state index in [0.717, 1.165) is 25.9 Å². The maximum atomic E-state index is 13.0. The summed E-state index contributed by atoms with van der Waals surface area (Å²) in [6.45, 7) is 1.60. The molecule has 0 atom stereocenters. The van der Waals surface area contributed by atoms with Gasteiger partial charge in [-0.3, -0.25) is 9.59 Å². The van der Waals surface area contributed by atoms with Gasteiger partial charge in [-0.25, -0.2) is 13.1 Å². The molecule has 34 heavy (non-hydrogen) atoms. The molecule has 8 nitrogen and oxygen atoms in total. The molecule has 0 aliphatic carbocycles. The van der Waals surface area contributed by atoms with Crippen LogP contribution in [0.5, 0.6) is 0 Å². The Morgan fingerprint density at radius 3 is 2.56 bits per heavy atom. The van der Waals surface area contributed by atoms with Crippen LogP contribution in [0.3, 0.4) is 0 Å². The van der Waals surface area contributed by atoms with Gasteiger partial charge in [-0.2, -0.15) is 0 Å². The smallest absolute Gasteiger partial charge is 0.256 e. The Morgan fingerprint density at radius 1 is 1.00 bits per heavy atom. The average molecular weight is 500 g/mol. The first kappa shape index (κ1) is 24.1. The van der Waals surface area contributed by atoms with Crippen LogP contribution in [0.4, 0.5) is 5.69 Å². The first-order chi connectivity index (χ1) is 16.4. The van der Waals surface area contributed by atoms with E-state index in [1.54, 1.807) is 42.5 Å². The van der Waals surface area contributed by atoms with E-state index in [1.807, 2.05) is 11.0 Å². The highest BCUT2D eigenvalue weighted by molar-refractivity contribution is 8.00. The number of benzene rings is 2. The molecule has 2 heterocycles. The van der Waals surface area contributed by atoms with Gasteiger partial charge in [0.2, 0.25) is 15.9 Å². The van der Waals surface area contributed by atoms with Crippen LogP contribution in [-0.4, -0.2) is 44.0 Å². The standard InChI is InChI=1S/C24H25N3O5S2/c28-23(27-12-3-4-13-27)17-33-22-11-2-1-10-21(22)24(29)26-18-7-5-9-20(15-18)34(30,31)25-16-19-8-6-14-32-19/h1-2,5-11,14-15,25H,3-4,12-13,16-17H2,(H,26,29). The number of hydrogen-bond acceptors (Lipinski definition) is 6. The quantitative estimate of drug-likeness (QED) is 0.435. The Hall–Kier alpha value is -3.08. The number of rotatable bonds is 9. The maximum absolute atomic E-state index is 13.0. The summed E-state index contributed by atoms with van der Waals surface area (Å²) >= 11 is 1.33. The normalized spacial score (nSPS) is 13.7. The number of amides is 2. The third kappa shape index (κ3) is 6.07. The van der Waals surface area contributed by atoms with E-state index in [9.17, 15) is 18.0 Å². The van der Waals surface area contributed by atoms with Crippen LogP contribution in [0.2, 0.25) is 0 Å². The highest BCUT2D eigenvalue weighted by Gasteiger charge is 2.20. The zero-order valence-corrected chi connectivity index (χ0v) is 20.0.